The van der Waals surface area contributed by atoms with Gasteiger partial charge < -0.3 is 9.08 Å². The molecule has 41 heavy (non-hydrogen) atoms. The van der Waals surface area contributed by atoms with Crippen molar-refractivity contribution in [1.82, 2.24) is 9.29 Å². The molecular weight excluding hydrogens is 583 g/mol. The van der Waals surface area contributed by atoms with Gasteiger partial charge in [-0.25, -0.2) is 13.4 Å². The van der Waals surface area contributed by atoms with E-state index in [4.69, 9.17) is 4.18 Å². The van der Waals surface area contributed by atoms with Crippen LogP contribution in [0, 0.1) is 12.8 Å². The van der Waals surface area contributed by atoms with E-state index < -0.39 is 43.8 Å². The number of aromatic nitrogens is 1. The average Bonchev–Trinajstić information content (AvgIpc) is 3.38. The van der Waals surface area contributed by atoms with Crippen LogP contribution in [0.15, 0.2) is 70.6 Å². The first-order chi connectivity index (χ1) is 19.3. The first kappa shape index (κ1) is 29.0. The molecule has 2 aliphatic rings. The van der Waals surface area contributed by atoms with Crippen LogP contribution in [0.3, 0.4) is 0 Å². The molecule has 0 N–H and O–H groups in total. The van der Waals surface area contributed by atoms with Gasteiger partial charge in [0.15, 0.2) is 0 Å². The number of nitrogens with zero attached hydrogens (tertiary/aromatic N) is 3. The summed E-state index contributed by atoms with van der Waals surface area (Å²) in [5.41, 5.74) is 1.03. The van der Waals surface area contributed by atoms with E-state index in [0.717, 1.165) is 23.9 Å². The topological polar surface area (TPSA) is 114 Å². The first-order valence-corrected chi connectivity index (χ1v) is 15.5. The highest BCUT2D eigenvalue weighted by Gasteiger charge is 2.38. The van der Waals surface area contributed by atoms with E-state index in [2.05, 4.69) is 4.98 Å². The Labute approximate surface area is 235 Å². The minimum atomic E-state index is -4.52. The van der Waals surface area contributed by atoms with Crippen molar-refractivity contribution in [3.8, 4) is 0 Å². The number of carbonyl (C=O) groups is 1. The molecule has 3 aromatic rings. The maximum absolute atomic E-state index is 13.6. The summed E-state index contributed by atoms with van der Waals surface area (Å²) in [5.74, 6) is -1.74. The highest BCUT2D eigenvalue weighted by atomic mass is 32.2. The number of benzene rings is 2. The molecule has 218 valence electrons. The van der Waals surface area contributed by atoms with Gasteiger partial charge >= 0.3 is 22.3 Å². The van der Waals surface area contributed by atoms with Crippen molar-refractivity contribution >= 4 is 31.9 Å². The number of sulfonamides is 1. The molecule has 9 nitrogen and oxygen atoms in total. The Morgan fingerprint density at radius 3 is 2.29 bits per heavy atom. The average molecular weight is 610 g/mol. The molecule has 0 radical (unpaired) electrons. The van der Waals surface area contributed by atoms with Gasteiger partial charge in [0.05, 0.1) is 16.4 Å². The summed E-state index contributed by atoms with van der Waals surface area (Å²) in [4.78, 5) is 18.3. The highest BCUT2D eigenvalue weighted by molar-refractivity contribution is 7.89. The molecule has 0 saturated carbocycles. The predicted octanol–water partition coefficient (Wildman–Crippen LogP) is 3.57. The number of hydrogen-bond donors (Lipinski definition) is 0. The second-order valence-electron chi connectivity index (χ2n) is 9.96. The van der Waals surface area contributed by atoms with Gasteiger partial charge in [-0.2, -0.15) is 25.9 Å². The standard InChI is InChI=1S/C27H26F3N3O6S2/c1-18-5-7-22(8-6-18)41(37,38)39-26(34)20-15-19-3-2-4-24(23(19)16-20)40(35,36)33-13-11-32(12-14-33)25-17-21(9-10-31-25)27(28,29)30/h2-10,17,20H,11-16H2,1H3. The molecule has 2 heterocycles. The number of pyridine rings is 1. The molecule has 1 unspecified atom stereocenters. The van der Waals surface area contributed by atoms with E-state index in [1.54, 1.807) is 36.1 Å². The van der Waals surface area contributed by atoms with Gasteiger partial charge in [0.2, 0.25) is 10.0 Å². The number of rotatable bonds is 6. The van der Waals surface area contributed by atoms with Crippen molar-refractivity contribution in [2.75, 3.05) is 31.1 Å². The lowest BCUT2D eigenvalue weighted by molar-refractivity contribution is -0.138. The van der Waals surface area contributed by atoms with Crippen molar-refractivity contribution in [2.24, 2.45) is 5.92 Å². The summed E-state index contributed by atoms with van der Waals surface area (Å²) < 4.78 is 97.9. The van der Waals surface area contributed by atoms with Crippen molar-refractivity contribution in [3.63, 3.8) is 0 Å². The van der Waals surface area contributed by atoms with E-state index in [9.17, 15) is 34.8 Å². The molecule has 1 aliphatic heterocycles. The Balaban J connectivity index is 1.28. The Morgan fingerprint density at radius 2 is 1.63 bits per heavy atom. The monoisotopic (exact) mass is 609 g/mol. The van der Waals surface area contributed by atoms with Crippen molar-refractivity contribution < 1.29 is 39.0 Å². The predicted molar refractivity (Wildman–Crippen MR) is 142 cm³/mol. The molecule has 1 aliphatic carbocycles. The van der Waals surface area contributed by atoms with Gasteiger partial charge in [-0.3, -0.25) is 4.79 Å². The summed E-state index contributed by atoms with van der Waals surface area (Å²) in [5, 5.41) is 0. The molecule has 1 aromatic heterocycles. The van der Waals surface area contributed by atoms with Crippen LogP contribution in [0.4, 0.5) is 19.0 Å². The number of alkyl halides is 3. The SMILES string of the molecule is Cc1ccc(S(=O)(=O)OC(=O)C2Cc3cccc(S(=O)(=O)N4CCN(c5cc(C(F)(F)F)ccn5)CC4)c3C2)cc1. The van der Waals surface area contributed by atoms with Crippen molar-refractivity contribution in [2.45, 2.75) is 35.7 Å². The fourth-order valence-electron chi connectivity index (χ4n) is 5.02. The van der Waals surface area contributed by atoms with Gasteiger partial charge in [-0.1, -0.05) is 29.8 Å². The van der Waals surface area contributed by atoms with E-state index in [0.29, 0.717) is 11.1 Å². The van der Waals surface area contributed by atoms with Crippen molar-refractivity contribution in [1.29, 1.82) is 0 Å². The van der Waals surface area contributed by atoms with Gasteiger partial charge in [-0.15, -0.1) is 0 Å². The zero-order valence-corrected chi connectivity index (χ0v) is 23.5. The fourth-order valence-corrected chi connectivity index (χ4v) is 7.64. The molecule has 2 aromatic carbocycles. The van der Waals surface area contributed by atoms with Crippen LogP contribution >= 0.6 is 0 Å². The largest absolute Gasteiger partial charge is 0.416 e. The lowest BCUT2D eigenvalue weighted by Crippen LogP contribution is -2.49. The maximum Gasteiger partial charge on any atom is 0.416 e. The van der Waals surface area contributed by atoms with E-state index in [1.807, 2.05) is 0 Å². The lowest BCUT2D eigenvalue weighted by Gasteiger charge is -2.35. The Kier molecular flexibility index (Phi) is 7.59. The first-order valence-electron chi connectivity index (χ1n) is 12.7. The molecule has 0 spiro atoms. The fraction of sp³-hybridized carbons (Fsp3) is 0.333. The third-order valence-electron chi connectivity index (χ3n) is 7.24. The van der Waals surface area contributed by atoms with Gasteiger partial charge in [0, 0.05) is 32.4 Å². The smallest absolute Gasteiger partial charge is 0.354 e. The number of hydrogen-bond acceptors (Lipinski definition) is 8. The normalized spacial score (nSPS) is 18.2. The summed E-state index contributed by atoms with van der Waals surface area (Å²) in [6.07, 6.45) is -3.34. The summed E-state index contributed by atoms with van der Waals surface area (Å²) in [6, 6.07) is 12.3. The van der Waals surface area contributed by atoms with Gasteiger partial charge in [0.25, 0.3) is 0 Å². The van der Waals surface area contributed by atoms with Crippen LogP contribution in [0.25, 0.3) is 0 Å². The van der Waals surface area contributed by atoms with Crippen LogP contribution in [0.5, 0.6) is 0 Å². The third-order valence-corrected chi connectivity index (χ3v) is 10.5. The minimum Gasteiger partial charge on any atom is -0.354 e. The van der Waals surface area contributed by atoms with E-state index in [1.165, 1.54) is 22.5 Å². The Hall–Kier alpha value is -3.49. The van der Waals surface area contributed by atoms with Gasteiger partial charge in [0.1, 0.15) is 10.7 Å². The van der Waals surface area contributed by atoms with Crippen LogP contribution in [-0.4, -0.2) is 58.3 Å². The van der Waals surface area contributed by atoms with E-state index >= 15 is 0 Å². The number of fused-ring (bicyclic) bond motifs is 1. The minimum absolute atomic E-state index is 0.0114. The highest BCUT2D eigenvalue weighted by Crippen LogP contribution is 2.35. The molecule has 1 atom stereocenters. The van der Waals surface area contributed by atoms with Gasteiger partial charge in [-0.05, 0) is 61.2 Å². The maximum atomic E-state index is 13.6. The number of carbonyl (C=O) groups excluding carboxylic acids is 1. The Bertz CT molecular complexity index is 1690. The van der Waals surface area contributed by atoms with Crippen LogP contribution in [0.1, 0.15) is 22.3 Å². The van der Waals surface area contributed by atoms with Crippen LogP contribution in [0.2, 0.25) is 0 Å². The molecule has 0 bridgehead atoms. The van der Waals surface area contributed by atoms with Crippen LogP contribution in [-0.2, 0) is 48.1 Å². The Morgan fingerprint density at radius 1 is 0.951 bits per heavy atom. The summed E-state index contributed by atoms with van der Waals surface area (Å²) >= 11 is 0. The van der Waals surface area contributed by atoms with E-state index in [-0.39, 0.29) is 54.6 Å². The zero-order chi connectivity index (χ0) is 29.6. The number of halogens is 3. The quantitative estimate of drug-likeness (QED) is 0.390. The van der Waals surface area contributed by atoms with Crippen molar-refractivity contribution in [3.05, 3.63) is 83.0 Å². The second kappa shape index (κ2) is 10.7. The molecule has 0 amide bonds. The number of aryl methyl sites for hydroxylation is 1. The molecule has 5 rings (SSSR count). The van der Waals surface area contributed by atoms with Crippen LogP contribution < -0.4 is 4.90 Å². The molecule has 1 saturated heterocycles. The molecule has 1 fully saturated rings. The molecular formula is C27H26F3N3O6S2. The number of anilines is 1. The molecule has 14 heteroatoms. The lowest BCUT2D eigenvalue weighted by atomic mass is 10.1. The summed E-state index contributed by atoms with van der Waals surface area (Å²) in [7, 11) is -8.36. The zero-order valence-electron chi connectivity index (χ0n) is 21.8. The second-order valence-corrected chi connectivity index (χ2v) is 13.4. The number of piperazine rings is 1. The third kappa shape index (κ3) is 5.95. The summed E-state index contributed by atoms with van der Waals surface area (Å²) in [6.45, 7) is 2.09.